The summed E-state index contributed by atoms with van der Waals surface area (Å²) in [7, 11) is 2.17. The Labute approximate surface area is 58.5 Å². The quantitative estimate of drug-likeness (QED) is 0.561. The van der Waals surface area contributed by atoms with Crippen molar-refractivity contribution in [2.24, 2.45) is 11.7 Å². The Kier molecular flexibility index (Phi) is 2.49. The summed E-state index contributed by atoms with van der Waals surface area (Å²) in [5.41, 5.74) is 5.54. The molecule has 2 N–H and O–H groups in total. The Morgan fingerprint density at radius 2 is 2.56 bits per heavy atom. The van der Waals surface area contributed by atoms with Crippen molar-refractivity contribution in [1.82, 2.24) is 4.90 Å². The molecule has 0 amide bonds. The monoisotopic (exact) mass is 130 g/mol. The molecule has 1 unspecified atom stereocenters. The van der Waals surface area contributed by atoms with Gasteiger partial charge in [-0.3, -0.25) is 0 Å². The molecule has 1 saturated heterocycles. The maximum atomic E-state index is 5.54. The van der Waals surface area contributed by atoms with Crippen LogP contribution in [0.15, 0.2) is 0 Å². The lowest BCUT2D eigenvalue weighted by atomic mass is 9.99. The van der Waals surface area contributed by atoms with E-state index < -0.39 is 0 Å². The van der Waals surface area contributed by atoms with Crippen LogP contribution in [-0.2, 0) is 0 Å². The van der Waals surface area contributed by atoms with Gasteiger partial charge in [0.1, 0.15) is 0 Å². The molecule has 0 aromatic carbocycles. The first-order valence-corrected chi connectivity index (χ1v) is 3.71. The van der Waals surface area contributed by atoms with Gasteiger partial charge in [-0.15, -0.1) is 0 Å². The number of nitrogens with zero attached hydrogens (tertiary/aromatic N) is 1. The van der Waals surface area contributed by atoms with Crippen molar-refractivity contribution in [2.45, 2.75) is 12.8 Å². The van der Waals surface area contributed by atoms with Gasteiger partial charge in [0.15, 0.2) is 0 Å². The van der Waals surface area contributed by atoms with Gasteiger partial charge >= 0.3 is 0 Å². The van der Waals surface area contributed by atoms with Crippen LogP contribution in [0.3, 0.4) is 0 Å². The third-order valence-electron chi connectivity index (χ3n) is 2.06. The molecule has 0 aromatic heterocycles. The molecule has 1 heterocycles. The summed E-state index contributed by atoms with van der Waals surface area (Å²) in [6.07, 6.45) is 2.67. The first-order chi connectivity index (χ1) is 4.33. The van der Waals surface area contributed by atoms with Gasteiger partial charge in [0.2, 0.25) is 0 Å². The van der Waals surface area contributed by atoms with Crippen molar-refractivity contribution in [2.75, 3.05) is 26.7 Å². The zero-order chi connectivity index (χ0) is 6.69. The van der Waals surface area contributed by atoms with Crippen LogP contribution in [0.2, 0.25) is 0 Å². The van der Waals surface area contributed by atoms with E-state index in [1.165, 1.54) is 25.9 Å². The van der Waals surface area contributed by atoms with Crippen LogP contribution in [0.4, 0.5) is 0 Å². The summed E-state index contributed by atoms with van der Waals surface area (Å²) >= 11 is 0. The van der Waals surface area contributed by atoms with Gasteiger partial charge in [-0.05, 0) is 38.9 Å². The normalized spacial score (nSPS) is 30.7. The largest absolute Gasteiger partial charge is 0.330 e. The Morgan fingerprint density at radius 1 is 1.78 bits per heavy atom. The van der Waals surface area contributed by atoms with Crippen molar-refractivity contribution in [3.63, 3.8) is 0 Å². The summed E-state index contributed by atoms with van der Waals surface area (Å²) in [4.78, 5) is 2.36. The maximum Gasteiger partial charge on any atom is 0.00187 e. The van der Waals surface area contributed by atoms with Crippen molar-refractivity contribution in [3.8, 4) is 0 Å². The van der Waals surface area contributed by atoms with E-state index in [4.69, 9.17) is 5.73 Å². The van der Waals surface area contributed by atoms with Gasteiger partial charge in [0.05, 0.1) is 0 Å². The van der Waals surface area contributed by atoms with Gasteiger partial charge in [-0.1, -0.05) is 0 Å². The highest BCUT2D eigenvalue weighted by Gasteiger charge is 2.14. The highest BCUT2D eigenvalue weighted by Crippen LogP contribution is 2.12. The number of nitrogens with two attached hydrogens (primary N) is 1. The van der Waals surface area contributed by atoms with E-state index >= 15 is 0 Å². The second kappa shape index (κ2) is 3.18. The van der Waals surface area contributed by atoms with E-state index in [1.807, 2.05) is 0 Å². The lowest BCUT2D eigenvalue weighted by Crippen LogP contribution is -2.35. The molecule has 1 rings (SSSR count). The van der Waals surface area contributed by atoms with Crippen molar-refractivity contribution in [1.29, 1.82) is 0 Å². The summed E-state index contributed by atoms with van der Waals surface area (Å²) in [5, 5.41) is 0. The second-order valence-corrected chi connectivity index (χ2v) is 3.01. The molecule has 1 fully saturated rings. The topological polar surface area (TPSA) is 29.3 Å². The molecule has 2 heteroatoms. The molecular weight excluding hydrogens is 112 g/mol. The minimum Gasteiger partial charge on any atom is -0.330 e. The third-order valence-corrected chi connectivity index (χ3v) is 2.06. The number of piperidine rings is 1. The van der Waals surface area contributed by atoms with Crippen LogP contribution in [-0.4, -0.2) is 31.6 Å². The fourth-order valence-electron chi connectivity index (χ4n) is 1.47. The lowest BCUT2D eigenvalue weighted by molar-refractivity contribution is 0.214. The number of rotatable bonds is 1. The smallest absolute Gasteiger partial charge is 0.00187 e. The first kappa shape index (κ1) is 7.03. The molecule has 9 heavy (non-hydrogen) atoms. The van der Waals surface area contributed by atoms with Crippen LogP contribution >= 0.6 is 0 Å². The predicted octanol–water partition coefficient (Wildman–Crippen LogP) is 0.533. The minimum absolute atomic E-state index is 0. The molecule has 0 aliphatic carbocycles. The van der Waals surface area contributed by atoms with Gasteiger partial charge in [-0.2, -0.15) is 0 Å². The summed E-state index contributed by atoms with van der Waals surface area (Å²) in [6.45, 7) is 3.33. The van der Waals surface area contributed by atoms with E-state index in [9.17, 15) is 0 Å². The summed E-state index contributed by atoms with van der Waals surface area (Å²) < 4.78 is 0. The van der Waals surface area contributed by atoms with Gasteiger partial charge < -0.3 is 10.6 Å². The molecule has 56 valence electrons. The van der Waals surface area contributed by atoms with Crippen molar-refractivity contribution < 1.29 is 1.43 Å². The number of hydrogen-bond donors (Lipinski definition) is 1. The Balaban J connectivity index is 0.000000810. The van der Waals surface area contributed by atoms with Gasteiger partial charge in [-0.25, -0.2) is 0 Å². The first-order valence-electron chi connectivity index (χ1n) is 3.71. The fourth-order valence-corrected chi connectivity index (χ4v) is 1.47. The number of likely N-dealkylation sites (tertiary alicyclic amines) is 1. The zero-order valence-corrected chi connectivity index (χ0v) is 6.14. The lowest BCUT2D eigenvalue weighted by Gasteiger charge is -2.28. The molecule has 0 bridgehead atoms. The van der Waals surface area contributed by atoms with Crippen LogP contribution in [0.1, 0.15) is 14.3 Å². The van der Waals surface area contributed by atoms with E-state index in [1.54, 1.807) is 0 Å². The standard InChI is InChI=1S/C7H16N2.H2/c1-9-4-2-3-7(5-8)6-9;/h7H,2-6,8H2,1H3;1H. The molecule has 0 saturated carbocycles. The predicted molar refractivity (Wildman–Crippen MR) is 41.4 cm³/mol. The fraction of sp³-hybridized carbons (Fsp3) is 1.00. The molecule has 2 nitrogen and oxygen atoms in total. The molecule has 1 atom stereocenters. The van der Waals surface area contributed by atoms with Crippen LogP contribution in [0.25, 0.3) is 0 Å². The van der Waals surface area contributed by atoms with E-state index in [2.05, 4.69) is 11.9 Å². The average Bonchev–Trinajstić information content (AvgIpc) is 1.88. The minimum atomic E-state index is 0. The number of hydrogen-bond acceptors (Lipinski definition) is 2. The van der Waals surface area contributed by atoms with Crippen LogP contribution in [0, 0.1) is 5.92 Å². The third kappa shape index (κ3) is 1.95. The summed E-state index contributed by atoms with van der Waals surface area (Å²) in [6, 6.07) is 0. The van der Waals surface area contributed by atoms with Crippen LogP contribution in [0.5, 0.6) is 0 Å². The van der Waals surface area contributed by atoms with E-state index in [0.29, 0.717) is 0 Å². The highest BCUT2D eigenvalue weighted by molar-refractivity contribution is 4.70. The average molecular weight is 130 g/mol. The Morgan fingerprint density at radius 3 is 3.00 bits per heavy atom. The van der Waals surface area contributed by atoms with E-state index in [0.717, 1.165) is 12.5 Å². The Bertz CT molecular complexity index is 87.7. The van der Waals surface area contributed by atoms with Gasteiger partial charge in [0.25, 0.3) is 0 Å². The van der Waals surface area contributed by atoms with Crippen molar-refractivity contribution >= 4 is 0 Å². The van der Waals surface area contributed by atoms with Gasteiger partial charge in [0, 0.05) is 7.97 Å². The van der Waals surface area contributed by atoms with Crippen LogP contribution < -0.4 is 5.73 Å². The van der Waals surface area contributed by atoms with Crippen molar-refractivity contribution in [3.05, 3.63) is 0 Å². The molecule has 1 aliphatic heterocycles. The second-order valence-electron chi connectivity index (χ2n) is 3.01. The van der Waals surface area contributed by atoms with E-state index in [-0.39, 0.29) is 1.43 Å². The molecular formula is C7H18N2. The molecule has 0 radical (unpaired) electrons. The SMILES string of the molecule is CN1CCCC(CN)C1.[HH]. The molecule has 0 aromatic rings. The summed E-state index contributed by atoms with van der Waals surface area (Å²) in [5.74, 6) is 0.767. The highest BCUT2D eigenvalue weighted by atomic mass is 15.1. The molecule has 1 aliphatic rings. The molecule has 0 spiro atoms. The zero-order valence-electron chi connectivity index (χ0n) is 6.14. The maximum absolute atomic E-state index is 5.54. The Hall–Kier alpha value is -0.0800.